The lowest BCUT2D eigenvalue weighted by Crippen LogP contribution is -2.30. The Morgan fingerprint density at radius 1 is 0.977 bits per heavy atom. The molecule has 0 unspecified atom stereocenters. The fourth-order valence-corrected chi connectivity index (χ4v) is 6.49. The van der Waals surface area contributed by atoms with Crippen molar-refractivity contribution in [3.05, 3.63) is 128 Å². The van der Waals surface area contributed by atoms with Crippen LogP contribution in [0, 0.1) is 6.92 Å². The van der Waals surface area contributed by atoms with Gasteiger partial charge in [-0.25, -0.2) is 13.2 Å². The summed E-state index contributed by atoms with van der Waals surface area (Å²) in [6.45, 7) is 3.50. The van der Waals surface area contributed by atoms with Crippen molar-refractivity contribution in [1.29, 1.82) is 0 Å². The number of hydrogen-bond donors (Lipinski definition) is 0. The number of nitrogens with zero attached hydrogens (tertiary/aromatic N) is 2. The van der Waals surface area contributed by atoms with Crippen LogP contribution in [0.2, 0.25) is 10.0 Å². The molecule has 9 nitrogen and oxygen atoms in total. The molecule has 44 heavy (non-hydrogen) atoms. The molecule has 0 saturated heterocycles. The Labute approximate surface area is 265 Å². The molecule has 5 rings (SSSR count). The van der Waals surface area contributed by atoms with Crippen LogP contribution in [0.25, 0.3) is 6.08 Å². The number of hydrogen-bond acceptors (Lipinski definition) is 7. The van der Waals surface area contributed by atoms with Gasteiger partial charge >= 0.3 is 5.97 Å². The zero-order chi connectivity index (χ0) is 31.6. The normalized spacial score (nSPS) is 14.7. The quantitative estimate of drug-likeness (QED) is 0.137. The first-order chi connectivity index (χ1) is 21.0. The number of carbonyl (C=O) groups excluding carboxylic acids is 2. The van der Waals surface area contributed by atoms with Gasteiger partial charge in [-0.05, 0) is 74.0 Å². The molecule has 0 aliphatic carbocycles. The molecule has 12 heteroatoms. The first-order valence-electron chi connectivity index (χ1n) is 13.4. The molecular weight excluding hydrogens is 627 g/mol. The molecular formula is C32H28Cl2N2O7S. The molecule has 3 heterocycles. The molecule has 228 valence electrons. The van der Waals surface area contributed by atoms with Gasteiger partial charge in [-0.2, -0.15) is 4.31 Å². The van der Waals surface area contributed by atoms with E-state index in [2.05, 4.69) is 0 Å². The predicted molar refractivity (Wildman–Crippen MR) is 165 cm³/mol. The van der Waals surface area contributed by atoms with Gasteiger partial charge < -0.3 is 18.5 Å². The zero-order valence-electron chi connectivity index (χ0n) is 24.0. The fourth-order valence-electron chi connectivity index (χ4n) is 4.78. The number of furan rings is 2. The van der Waals surface area contributed by atoms with E-state index in [0.29, 0.717) is 32.8 Å². The molecule has 0 fully saturated rings. The van der Waals surface area contributed by atoms with Gasteiger partial charge in [-0.3, -0.25) is 4.79 Å². The first-order valence-corrected chi connectivity index (χ1v) is 15.6. The van der Waals surface area contributed by atoms with Crippen molar-refractivity contribution in [2.24, 2.45) is 0 Å². The Morgan fingerprint density at radius 2 is 1.73 bits per heavy atom. The van der Waals surface area contributed by atoms with E-state index in [-0.39, 0.29) is 41.4 Å². The number of sulfonamides is 1. The van der Waals surface area contributed by atoms with E-state index < -0.39 is 21.9 Å². The summed E-state index contributed by atoms with van der Waals surface area (Å²) in [7, 11) is -2.74. The second-order valence-corrected chi connectivity index (χ2v) is 12.9. The summed E-state index contributed by atoms with van der Waals surface area (Å²) in [6, 6.07) is 18.1. The molecule has 0 radical (unpaired) electrons. The third-order valence-corrected chi connectivity index (χ3v) is 9.64. The summed E-state index contributed by atoms with van der Waals surface area (Å²) < 4.78 is 45.2. The number of amides is 1. The van der Waals surface area contributed by atoms with E-state index in [1.54, 1.807) is 73.7 Å². The van der Waals surface area contributed by atoms with E-state index >= 15 is 0 Å². The van der Waals surface area contributed by atoms with E-state index in [1.807, 2.05) is 6.92 Å². The Kier molecular flexibility index (Phi) is 9.17. The average molecular weight is 656 g/mol. The highest BCUT2D eigenvalue weighted by molar-refractivity contribution is 7.89. The molecule has 0 bridgehead atoms. The van der Waals surface area contributed by atoms with Gasteiger partial charge in [0.25, 0.3) is 5.91 Å². The minimum Gasteiger partial charge on any atom is -0.467 e. The van der Waals surface area contributed by atoms with Crippen molar-refractivity contribution in [3.8, 4) is 0 Å². The molecule has 0 spiro atoms. The Balaban J connectivity index is 1.46. The Morgan fingerprint density at radius 3 is 2.39 bits per heavy atom. The van der Waals surface area contributed by atoms with Crippen molar-refractivity contribution in [2.75, 3.05) is 7.11 Å². The molecule has 1 aliphatic rings. The summed E-state index contributed by atoms with van der Waals surface area (Å²) in [5.74, 6) is -0.000936. The summed E-state index contributed by atoms with van der Waals surface area (Å²) in [5.41, 5.74) is 2.14. The molecule has 4 aromatic rings. The van der Waals surface area contributed by atoms with E-state index in [4.69, 9.17) is 36.8 Å². The summed E-state index contributed by atoms with van der Waals surface area (Å²) in [6.07, 6.45) is 2.95. The third kappa shape index (κ3) is 6.53. The van der Waals surface area contributed by atoms with Crippen molar-refractivity contribution >= 4 is 51.2 Å². The maximum Gasteiger partial charge on any atom is 0.340 e. The second kappa shape index (κ2) is 12.9. The van der Waals surface area contributed by atoms with Crippen molar-refractivity contribution in [1.82, 2.24) is 9.21 Å². The Bertz CT molecular complexity index is 1880. The number of methoxy groups -OCH3 is 1. The highest BCUT2D eigenvalue weighted by Gasteiger charge is 2.37. The molecule has 0 N–H and O–H groups in total. The van der Waals surface area contributed by atoms with Crippen LogP contribution in [-0.2, 0) is 44.0 Å². The number of allylic oxidation sites excluding steroid dienone is 1. The van der Waals surface area contributed by atoms with Crippen LogP contribution in [-0.4, -0.2) is 36.6 Å². The van der Waals surface area contributed by atoms with Gasteiger partial charge in [0.2, 0.25) is 10.0 Å². The Hall–Kier alpha value is -4.09. The number of ether oxygens (including phenoxy) is 1. The highest BCUT2D eigenvalue weighted by Crippen LogP contribution is 2.34. The number of halogens is 2. The average Bonchev–Trinajstić information content (AvgIpc) is 3.73. The minimum atomic E-state index is -3.98. The van der Waals surface area contributed by atoms with Crippen LogP contribution < -0.4 is 0 Å². The number of carbonyl (C=O) groups is 2. The monoisotopic (exact) mass is 654 g/mol. The van der Waals surface area contributed by atoms with Crippen molar-refractivity contribution < 1.29 is 31.6 Å². The maximum atomic E-state index is 13.8. The molecule has 2 aromatic carbocycles. The van der Waals surface area contributed by atoms with Crippen LogP contribution >= 0.6 is 23.2 Å². The molecule has 0 atom stereocenters. The molecule has 2 aromatic heterocycles. The number of benzene rings is 2. The molecule has 1 aliphatic heterocycles. The van der Waals surface area contributed by atoms with Crippen LogP contribution in [0.1, 0.15) is 35.3 Å². The van der Waals surface area contributed by atoms with E-state index in [0.717, 1.165) is 5.56 Å². The van der Waals surface area contributed by atoms with E-state index in [9.17, 15) is 18.0 Å². The first kappa shape index (κ1) is 31.3. The number of rotatable bonds is 10. The smallest absolute Gasteiger partial charge is 0.340 e. The minimum absolute atomic E-state index is 0.0150. The van der Waals surface area contributed by atoms with Gasteiger partial charge in [0.1, 0.15) is 17.3 Å². The third-order valence-electron chi connectivity index (χ3n) is 7.10. The SMILES string of the molecule is COC(=O)C1=C(C)N(Cc2ccco2)C(=O)/C1=C/c1ccc(CN(Cc2ccc(Cl)c(Cl)c2)S(=O)(=O)c2ccc(C)cc2)o1. The summed E-state index contributed by atoms with van der Waals surface area (Å²) in [4.78, 5) is 27.7. The standard InChI is InChI=1S/C32H28Cl2N2O7S/c1-20-6-11-26(12-7-20)44(39,40)35(17-22-8-13-28(33)29(34)15-22)18-25-10-9-23(43-25)16-27-30(32(38)41-3)21(2)36(31(27)37)19-24-5-4-14-42-24/h4-16H,17-19H2,1-3H3/b27-16+. The second-order valence-electron chi connectivity index (χ2n) is 10.1. The lowest BCUT2D eigenvalue weighted by molar-refractivity contribution is -0.136. The zero-order valence-corrected chi connectivity index (χ0v) is 26.4. The number of aryl methyl sites for hydroxylation is 1. The lowest BCUT2D eigenvalue weighted by Gasteiger charge is -2.22. The lowest BCUT2D eigenvalue weighted by atomic mass is 10.1. The van der Waals surface area contributed by atoms with Crippen molar-refractivity contribution in [2.45, 2.75) is 38.4 Å². The van der Waals surface area contributed by atoms with Gasteiger partial charge in [-0.15, -0.1) is 0 Å². The van der Waals surface area contributed by atoms with Crippen molar-refractivity contribution in [3.63, 3.8) is 0 Å². The summed E-state index contributed by atoms with van der Waals surface area (Å²) in [5, 5.41) is 0.655. The number of esters is 1. The van der Waals surface area contributed by atoms with Gasteiger partial charge in [0, 0.05) is 12.2 Å². The van der Waals surface area contributed by atoms with Crippen LogP contribution in [0.4, 0.5) is 0 Å². The summed E-state index contributed by atoms with van der Waals surface area (Å²) >= 11 is 12.3. The van der Waals surface area contributed by atoms with E-state index in [1.165, 1.54) is 28.7 Å². The molecule has 1 amide bonds. The predicted octanol–water partition coefficient (Wildman–Crippen LogP) is 6.75. The highest BCUT2D eigenvalue weighted by atomic mass is 35.5. The van der Waals surface area contributed by atoms with Gasteiger partial charge in [-0.1, -0.05) is 47.0 Å². The van der Waals surface area contributed by atoms with Gasteiger partial charge in [0.15, 0.2) is 0 Å². The fraction of sp³-hybridized carbons (Fsp3) is 0.188. The molecule has 0 saturated carbocycles. The topological polar surface area (TPSA) is 110 Å². The van der Waals surface area contributed by atoms with Gasteiger partial charge in [0.05, 0.1) is 52.5 Å². The largest absolute Gasteiger partial charge is 0.467 e. The van der Waals surface area contributed by atoms with Crippen LogP contribution in [0.15, 0.2) is 104 Å². The van der Waals surface area contributed by atoms with Crippen LogP contribution in [0.3, 0.4) is 0 Å². The van der Waals surface area contributed by atoms with Crippen LogP contribution in [0.5, 0.6) is 0 Å². The maximum absolute atomic E-state index is 13.8.